The van der Waals surface area contributed by atoms with E-state index in [1.807, 2.05) is 24.0 Å². The van der Waals surface area contributed by atoms with Crippen LogP contribution in [0.25, 0.3) is 0 Å². The fourth-order valence-electron chi connectivity index (χ4n) is 2.57. The largest absolute Gasteiger partial charge is 0.323 e. The first-order valence-electron chi connectivity index (χ1n) is 6.80. The van der Waals surface area contributed by atoms with E-state index in [1.165, 1.54) is 4.88 Å². The van der Waals surface area contributed by atoms with Crippen LogP contribution in [0.3, 0.4) is 0 Å². The molecule has 0 unspecified atom stereocenters. The Morgan fingerprint density at radius 3 is 2.85 bits per heavy atom. The van der Waals surface area contributed by atoms with Gasteiger partial charge in [-0.15, -0.1) is 11.3 Å². The molecule has 1 aliphatic rings. The molecule has 104 valence electrons. The van der Waals surface area contributed by atoms with Gasteiger partial charge >= 0.3 is 0 Å². The smallest absolute Gasteiger partial charge is 0.256 e. The molecule has 0 spiro atoms. The Hall–Kier alpha value is -1.75. The number of hydrogen-bond donors (Lipinski definition) is 0. The summed E-state index contributed by atoms with van der Waals surface area (Å²) in [4.78, 5) is 24.6. The molecule has 1 atom stereocenters. The number of thiazole rings is 1. The number of hydrogen-bond acceptors (Lipinski definition) is 4. The van der Waals surface area contributed by atoms with Crippen molar-refractivity contribution in [3.8, 4) is 0 Å². The average molecular weight is 287 g/mol. The van der Waals surface area contributed by atoms with Crippen molar-refractivity contribution >= 4 is 17.2 Å². The SMILES string of the molecule is CC[C@H](c1nc(C)c(C)s1)N1Cc2ncccc2C1=O. The van der Waals surface area contributed by atoms with Crippen LogP contribution in [0.5, 0.6) is 0 Å². The van der Waals surface area contributed by atoms with Crippen molar-refractivity contribution in [2.75, 3.05) is 0 Å². The number of rotatable bonds is 3. The molecule has 2 aromatic heterocycles. The molecule has 2 aromatic rings. The van der Waals surface area contributed by atoms with Crippen LogP contribution in [0, 0.1) is 13.8 Å². The summed E-state index contributed by atoms with van der Waals surface area (Å²) in [6, 6.07) is 3.73. The maximum Gasteiger partial charge on any atom is 0.256 e. The van der Waals surface area contributed by atoms with E-state index in [4.69, 9.17) is 0 Å². The number of fused-ring (bicyclic) bond motifs is 1. The van der Waals surface area contributed by atoms with Gasteiger partial charge < -0.3 is 4.90 Å². The van der Waals surface area contributed by atoms with Gasteiger partial charge in [0.2, 0.25) is 0 Å². The van der Waals surface area contributed by atoms with E-state index in [9.17, 15) is 4.79 Å². The average Bonchev–Trinajstić information content (AvgIpc) is 2.94. The highest BCUT2D eigenvalue weighted by Crippen LogP contribution is 2.34. The van der Waals surface area contributed by atoms with Gasteiger partial charge in [-0.1, -0.05) is 6.92 Å². The molecular formula is C15H17N3OS. The lowest BCUT2D eigenvalue weighted by Crippen LogP contribution is -2.28. The van der Waals surface area contributed by atoms with Gasteiger partial charge in [0.15, 0.2) is 0 Å². The Balaban J connectivity index is 1.94. The number of nitrogens with zero attached hydrogens (tertiary/aromatic N) is 3. The van der Waals surface area contributed by atoms with Gasteiger partial charge in [-0.25, -0.2) is 4.98 Å². The molecule has 0 N–H and O–H groups in total. The Kier molecular flexibility index (Phi) is 3.30. The number of carbonyl (C=O) groups excluding carboxylic acids is 1. The van der Waals surface area contributed by atoms with E-state index in [1.54, 1.807) is 17.5 Å². The van der Waals surface area contributed by atoms with Crippen LogP contribution in [0.1, 0.15) is 51.0 Å². The van der Waals surface area contributed by atoms with Crippen molar-refractivity contribution < 1.29 is 4.79 Å². The molecule has 1 aliphatic heterocycles. The minimum absolute atomic E-state index is 0.0501. The van der Waals surface area contributed by atoms with Gasteiger partial charge in [-0.05, 0) is 32.4 Å². The van der Waals surface area contributed by atoms with E-state index in [-0.39, 0.29) is 11.9 Å². The predicted octanol–water partition coefficient (Wildman–Crippen LogP) is 3.26. The summed E-state index contributed by atoms with van der Waals surface area (Å²) in [6.07, 6.45) is 2.61. The highest BCUT2D eigenvalue weighted by molar-refractivity contribution is 7.11. The third kappa shape index (κ3) is 2.02. The minimum Gasteiger partial charge on any atom is -0.323 e. The molecule has 20 heavy (non-hydrogen) atoms. The zero-order chi connectivity index (χ0) is 14.3. The lowest BCUT2D eigenvalue weighted by atomic mass is 10.2. The standard InChI is InChI=1S/C15H17N3OS/c1-4-13(14-17-9(2)10(3)20-14)18-8-12-11(15(18)19)6-5-7-16-12/h5-7,13H,4,8H2,1-3H3/t13-/m1/s1. The third-order valence-corrected chi connectivity index (χ3v) is 4.97. The monoisotopic (exact) mass is 287 g/mol. The van der Waals surface area contributed by atoms with Gasteiger partial charge in [0.05, 0.1) is 29.5 Å². The molecule has 0 saturated carbocycles. The topological polar surface area (TPSA) is 46.1 Å². The van der Waals surface area contributed by atoms with Gasteiger partial charge in [-0.2, -0.15) is 0 Å². The van der Waals surface area contributed by atoms with E-state index in [2.05, 4.69) is 23.8 Å². The van der Waals surface area contributed by atoms with Gasteiger partial charge in [0.1, 0.15) is 5.01 Å². The highest BCUT2D eigenvalue weighted by Gasteiger charge is 2.34. The predicted molar refractivity (Wildman–Crippen MR) is 78.7 cm³/mol. The first kappa shape index (κ1) is 13.2. The molecular weight excluding hydrogens is 270 g/mol. The van der Waals surface area contributed by atoms with Crippen LogP contribution in [-0.4, -0.2) is 20.8 Å². The summed E-state index contributed by atoms with van der Waals surface area (Å²) in [6.45, 7) is 6.78. The maximum atomic E-state index is 12.5. The number of carbonyl (C=O) groups is 1. The van der Waals surface area contributed by atoms with Crippen molar-refractivity contribution in [3.63, 3.8) is 0 Å². The van der Waals surface area contributed by atoms with E-state index in [0.29, 0.717) is 6.54 Å². The van der Waals surface area contributed by atoms with Crippen molar-refractivity contribution in [1.29, 1.82) is 0 Å². The number of amides is 1. The Labute approximate surface area is 122 Å². The summed E-state index contributed by atoms with van der Waals surface area (Å²) < 4.78 is 0. The normalized spacial score (nSPS) is 15.6. The molecule has 1 amide bonds. The van der Waals surface area contributed by atoms with Crippen molar-refractivity contribution in [2.24, 2.45) is 0 Å². The zero-order valence-corrected chi connectivity index (χ0v) is 12.7. The van der Waals surface area contributed by atoms with Crippen molar-refractivity contribution in [3.05, 3.63) is 45.2 Å². The summed E-state index contributed by atoms with van der Waals surface area (Å²) >= 11 is 1.69. The molecule has 0 radical (unpaired) electrons. The zero-order valence-electron chi connectivity index (χ0n) is 11.9. The number of pyridine rings is 1. The van der Waals surface area contributed by atoms with Gasteiger partial charge in [0, 0.05) is 11.1 Å². The fraction of sp³-hybridized carbons (Fsp3) is 0.400. The molecule has 0 saturated heterocycles. The van der Waals surface area contributed by atoms with Gasteiger partial charge in [-0.3, -0.25) is 9.78 Å². The second kappa shape index (κ2) is 4.98. The highest BCUT2D eigenvalue weighted by atomic mass is 32.1. The van der Waals surface area contributed by atoms with Gasteiger partial charge in [0.25, 0.3) is 5.91 Å². The molecule has 0 aromatic carbocycles. The number of aryl methyl sites for hydroxylation is 2. The maximum absolute atomic E-state index is 12.5. The Bertz CT molecular complexity index is 645. The second-order valence-corrected chi connectivity index (χ2v) is 6.28. The van der Waals surface area contributed by atoms with Crippen molar-refractivity contribution in [1.82, 2.24) is 14.9 Å². The molecule has 4 nitrogen and oxygen atoms in total. The molecule has 0 fully saturated rings. The van der Waals surface area contributed by atoms with Crippen LogP contribution in [0.4, 0.5) is 0 Å². The first-order valence-corrected chi connectivity index (χ1v) is 7.62. The van der Waals surface area contributed by atoms with Crippen LogP contribution in [0.15, 0.2) is 18.3 Å². The van der Waals surface area contributed by atoms with E-state index >= 15 is 0 Å². The quantitative estimate of drug-likeness (QED) is 0.870. The molecule has 3 heterocycles. The summed E-state index contributed by atoms with van der Waals surface area (Å²) in [5.74, 6) is 0.0745. The van der Waals surface area contributed by atoms with Crippen LogP contribution < -0.4 is 0 Å². The number of aromatic nitrogens is 2. The van der Waals surface area contributed by atoms with Crippen LogP contribution >= 0.6 is 11.3 Å². The molecule has 5 heteroatoms. The summed E-state index contributed by atoms with van der Waals surface area (Å²) in [7, 11) is 0. The summed E-state index contributed by atoms with van der Waals surface area (Å²) in [5.41, 5.74) is 2.67. The molecule has 0 bridgehead atoms. The minimum atomic E-state index is 0.0501. The molecule has 3 rings (SSSR count). The first-order chi connectivity index (χ1) is 9.61. The lowest BCUT2D eigenvalue weighted by molar-refractivity contribution is 0.0695. The van der Waals surface area contributed by atoms with Crippen LogP contribution in [-0.2, 0) is 6.54 Å². The van der Waals surface area contributed by atoms with E-state index in [0.717, 1.165) is 28.4 Å². The fourth-order valence-corrected chi connectivity index (χ4v) is 3.69. The lowest BCUT2D eigenvalue weighted by Gasteiger charge is -2.24. The summed E-state index contributed by atoms with van der Waals surface area (Å²) in [5, 5.41) is 1.03. The Morgan fingerprint density at radius 2 is 2.25 bits per heavy atom. The third-order valence-electron chi connectivity index (χ3n) is 3.79. The Morgan fingerprint density at radius 1 is 1.45 bits per heavy atom. The van der Waals surface area contributed by atoms with E-state index < -0.39 is 0 Å². The second-order valence-electron chi connectivity index (χ2n) is 5.05. The van der Waals surface area contributed by atoms with Crippen LogP contribution in [0.2, 0.25) is 0 Å². The molecule has 0 aliphatic carbocycles. The van der Waals surface area contributed by atoms with Crippen molar-refractivity contribution in [2.45, 2.75) is 39.8 Å².